The monoisotopic (exact) mass is 189 g/mol. The second kappa shape index (κ2) is 4.97. The van der Waals surface area contributed by atoms with Gasteiger partial charge in [0.25, 0.3) is 5.91 Å². The normalized spacial score (nSPS) is 9.14. The summed E-state index contributed by atoms with van der Waals surface area (Å²) in [5, 5.41) is 10.9. The van der Waals surface area contributed by atoms with E-state index in [1.807, 2.05) is 13.0 Å². The van der Waals surface area contributed by atoms with Gasteiger partial charge >= 0.3 is 0 Å². The number of nitrogens with one attached hydrogen (secondary N) is 1. The minimum absolute atomic E-state index is 0.153. The molecule has 1 N–H and O–H groups in total. The fraction of sp³-hybridized carbons (Fsp3) is 0.300. The molecule has 0 unspecified atom stereocenters. The van der Waals surface area contributed by atoms with Crippen LogP contribution in [-0.2, 0) is 0 Å². The zero-order valence-electron chi connectivity index (χ0n) is 7.95. The van der Waals surface area contributed by atoms with Crippen LogP contribution in [0.5, 0.6) is 0 Å². The van der Waals surface area contributed by atoms with Gasteiger partial charge in [0, 0.05) is 24.5 Å². The average molecular weight is 189 g/mol. The smallest absolute Gasteiger partial charge is 0.251 e. The molecule has 0 spiro atoms. The lowest BCUT2D eigenvalue weighted by molar-refractivity contribution is 0.0954. The van der Waals surface area contributed by atoms with Crippen molar-refractivity contribution in [2.45, 2.75) is 13.3 Å². The van der Waals surface area contributed by atoms with Crippen molar-refractivity contribution < 1.29 is 4.79 Å². The molecule has 0 atom stereocenters. The van der Waals surface area contributed by atoms with Crippen LogP contribution in [0.3, 0.4) is 0 Å². The number of carbonyl (C=O) groups excluding carboxylic acids is 1. The number of carbonyl (C=O) groups is 1. The lowest BCUT2D eigenvalue weighted by atomic mass is 10.1. The van der Waals surface area contributed by atoms with Crippen molar-refractivity contribution in [3.05, 3.63) is 29.6 Å². The molecule has 0 aromatic carbocycles. The lowest BCUT2D eigenvalue weighted by Gasteiger charge is -2.04. The summed E-state index contributed by atoms with van der Waals surface area (Å²) >= 11 is 0. The third-order valence-corrected chi connectivity index (χ3v) is 1.79. The summed E-state index contributed by atoms with van der Waals surface area (Å²) in [7, 11) is 0. The number of amides is 1. The van der Waals surface area contributed by atoms with E-state index in [0.717, 1.165) is 5.56 Å². The van der Waals surface area contributed by atoms with E-state index in [-0.39, 0.29) is 5.91 Å². The highest BCUT2D eigenvalue weighted by Gasteiger charge is 2.06. The molecule has 1 aromatic heterocycles. The molecule has 0 fully saturated rings. The van der Waals surface area contributed by atoms with Crippen LogP contribution in [0.4, 0.5) is 0 Å². The molecule has 1 heterocycles. The highest BCUT2D eigenvalue weighted by atomic mass is 16.1. The molecule has 4 nitrogen and oxygen atoms in total. The van der Waals surface area contributed by atoms with Gasteiger partial charge in [0.2, 0.25) is 0 Å². The van der Waals surface area contributed by atoms with Gasteiger partial charge in [-0.2, -0.15) is 5.26 Å². The van der Waals surface area contributed by atoms with Crippen LogP contribution in [0, 0.1) is 18.3 Å². The van der Waals surface area contributed by atoms with E-state index in [1.54, 1.807) is 18.5 Å². The Morgan fingerprint density at radius 1 is 1.71 bits per heavy atom. The summed E-state index contributed by atoms with van der Waals surface area (Å²) in [6.07, 6.45) is 3.54. The Bertz CT molecular complexity index is 368. The maximum absolute atomic E-state index is 11.5. The van der Waals surface area contributed by atoms with E-state index in [1.165, 1.54) is 0 Å². The average Bonchev–Trinajstić information content (AvgIpc) is 2.18. The van der Waals surface area contributed by atoms with Gasteiger partial charge in [0.05, 0.1) is 12.5 Å². The summed E-state index contributed by atoms with van der Waals surface area (Å²) in [5.74, 6) is -0.153. The Hall–Kier alpha value is -1.89. The largest absolute Gasteiger partial charge is 0.351 e. The Morgan fingerprint density at radius 2 is 2.50 bits per heavy atom. The predicted octanol–water partition coefficient (Wildman–Crippen LogP) is 1.03. The molecule has 1 amide bonds. The molecule has 0 aliphatic carbocycles. The summed E-state index contributed by atoms with van der Waals surface area (Å²) < 4.78 is 0. The van der Waals surface area contributed by atoms with Crippen LogP contribution in [0.2, 0.25) is 0 Å². The van der Waals surface area contributed by atoms with E-state index >= 15 is 0 Å². The van der Waals surface area contributed by atoms with Crippen molar-refractivity contribution in [3.63, 3.8) is 0 Å². The lowest BCUT2D eigenvalue weighted by Crippen LogP contribution is -2.24. The molecule has 0 aliphatic rings. The molecule has 1 rings (SSSR count). The molecule has 0 saturated heterocycles. The number of rotatable bonds is 3. The van der Waals surface area contributed by atoms with Crippen LogP contribution in [0.15, 0.2) is 18.5 Å². The first kappa shape index (κ1) is 10.2. The predicted molar refractivity (Wildman–Crippen MR) is 51.5 cm³/mol. The van der Waals surface area contributed by atoms with E-state index in [0.29, 0.717) is 18.5 Å². The summed E-state index contributed by atoms with van der Waals surface area (Å²) in [6.45, 7) is 2.21. The summed E-state index contributed by atoms with van der Waals surface area (Å²) in [4.78, 5) is 15.4. The van der Waals surface area contributed by atoms with Gasteiger partial charge in [-0.3, -0.25) is 9.78 Å². The Balaban J connectivity index is 2.62. The molecule has 0 aliphatic heterocycles. The first-order chi connectivity index (χ1) is 6.75. The van der Waals surface area contributed by atoms with Crippen LogP contribution in [0.25, 0.3) is 0 Å². The Kier molecular flexibility index (Phi) is 3.62. The molecule has 0 bridgehead atoms. The zero-order valence-corrected chi connectivity index (χ0v) is 7.95. The minimum atomic E-state index is -0.153. The number of hydrogen-bond donors (Lipinski definition) is 1. The van der Waals surface area contributed by atoms with Crippen molar-refractivity contribution in [2.75, 3.05) is 6.54 Å². The van der Waals surface area contributed by atoms with E-state index in [2.05, 4.69) is 10.3 Å². The summed E-state index contributed by atoms with van der Waals surface area (Å²) in [5.41, 5.74) is 1.44. The number of aromatic nitrogens is 1. The third-order valence-electron chi connectivity index (χ3n) is 1.79. The minimum Gasteiger partial charge on any atom is -0.351 e. The van der Waals surface area contributed by atoms with Crippen molar-refractivity contribution in [3.8, 4) is 6.07 Å². The van der Waals surface area contributed by atoms with E-state index in [4.69, 9.17) is 5.26 Å². The summed E-state index contributed by atoms with van der Waals surface area (Å²) in [6, 6.07) is 3.63. The molecular formula is C10H11N3O. The standard InChI is InChI=1S/C10H11N3O/c1-8-7-12-6-3-9(8)10(14)13-5-2-4-11/h3,6-7H,2,5H2,1H3,(H,13,14). The van der Waals surface area contributed by atoms with Gasteiger partial charge < -0.3 is 5.32 Å². The van der Waals surface area contributed by atoms with Crippen LogP contribution in [-0.4, -0.2) is 17.4 Å². The quantitative estimate of drug-likeness (QED) is 0.722. The van der Waals surface area contributed by atoms with Crippen molar-refractivity contribution in [2.24, 2.45) is 0 Å². The Labute approximate surface area is 82.6 Å². The maximum Gasteiger partial charge on any atom is 0.251 e. The van der Waals surface area contributed by atoms with Gasteiger partial charge in [0.1, 0.15) is 0 Å². The topological polar surface area (TPSA) is 65.8 Å². The molecule has 0 saturated carbocycles. The van der Waals surface area contributed by atoms with Gasteiger partial charge in [0.15, 0.2) is 0 Å². The molecule has 4 heteroatoms. The van der Waals surface area contributed by atoms with Gasteiger partial charge in [-0.05, 0) is 18.6 Å². The van der Waals surface area contributed by atoms with Gasteiger partial charge in [-0.1, -0.05) is 0 Å². The van der Waals surface area contributed by atoms with Gasteiger partial charge in [-0.25, -0.2) is 0 Å². The number of hydrogen-bond acceptors (Lipinski definition) is 3. The SMILES string of the molecule is Cc1cnccc1C(=O)NCCC#N. The maximum atomic E-state index is 11.5. The molecule has 14 heavy (non-hydrogen) atoms. The first-order valence-corrected chi connectivity index (χ1v) is 4.31. The molecule has 72 valence electrons. The second-order valence-electron chi connectivity index (χ2n) is 2.85. The van der Waals surface area contributed by atoms with Crippen LogP contribution >= 0.6 is 0 Å². The number of aryl methyl sites for hydroxylation is 1. The molecule has 0 radical (unpaired) electrons. The highest BCUT2D eigenvalue weighted by molar-refractivity contribution is 5.95. The zero-order chi connectivity index (χ0) is 10.4. The number of nitrogens with zero attached hydrogens (tertiary/aromatic N) is 2. The van der Waals surface area contributed by atoms with E-state index < -0.39 is 0 Å². The van der Waals surface area contributed by atoms with E-state index in [9.17, 15) is 4.79 Å². The van der Waals surface area contributed by atoms with Crippen LogP contribution in [0.1, 0.15) is 22.3 Å². The molecular weight excluding hydrogens is 178 g/mol. The first-order valence-electron chi connectivity index (χ1n) is 4.31. The van der Waals surface area contributed by atoms with Crippen molar-refractivity contribution in [1.82, 2.24) is 10.3 Å². The number of pyridine rings is 1. The molecule has 1 aromatic rings. The second-order valence-corrected chi connectivity index (χ2v) is 2.85. The Morgan fingerprint density at radius 3 is 3.14 bits per heavy atom. The fourth-order valence-electron chi connectivity index (χ4n) is 1.06. The third kappa shape index (κ3) is 2.56. The van der Waals surface area contributed by atoms with Gasteiger partial charge in [-0.15, -0.1) is 0 Å². The van der Waals surface area contributed by atoms with Crippen molar-refractivity contribution in [1.29, 1.82) is 5.26 Å². The fourth-order valence-corrected chi connectivity index (χ4v) is 1.06. The van der Waals surface area contributed by atoms with Crippen molar-refractivity contribution >= 4 is 5.91 Å². The number of nitriles is 1. The van der Waals surface area contributed by atoms with Crippen LogP contribution < -0.4 is 5.32 Å². The highest BCUT2D eigenvalue weighted by Crippen LogP contribution is 2.03.